The molecular weight excluding hydrogens is 287 g/mol. The Morgan fingerprint density at radius 2 is 1.71 bits per heavy atom. The summed E-state index contributed by atoms with van der Waals surface area (Å²) in [5, 5.41) is 16.8. The summed E-state index contributed by atoms with van der Waals surface area (Å²) in [5.74, 6) is -5.14. The zero-order valence-electron chi connectivity index (χ0n) is 10.9. The van der Waals surface area contributed by atoms with Crippen LogP contribution >= 0.6 is 0 Å². The van der Waals surface area contributed by atoms with Crippen LogP contribution in [0.5, 0.6) is 0 Å². The molecule has 2 atom stereocenters. The van der Waals surface area contributed by atoms with E-state index in [0.717, 1.165) is 6.92 Å². The van der Waals surface area contributed by atoms with E-state index in [2.05, 4.69) is 10.2 Å². The van der Waals surface area contributed by atoms with E-state index in [1.807, 2.05) is 0 Å². The van der Waals surface area contributed by atoms with Crippen molar-refractivity contribution in [2.75, 3.05) is 0 Å². The van der Waals surface area contributed by atoms with Gasteiger partial charge in [-0.1, -0.05) is 19.1 Å². The van der Waals surface area contributed by atoms with Crippen LogP contribution in [0.4, 0.5) is 13.2 Å². The Kier molecular flexibility index (Phi) is 3.97. The second-order valence-corrected chi connectivity index (χ2v) is 4.56. The van der Waals surface area contributed by atoms with Crippen molar-refractivity contribution >= 4 is 5.97 Å². The highest BCUT2D eigenvalue weighted by Crippen LogP contribution is 2.37. The van der Waals surface area contributed by atoms with E-state index in [1.165, 1.54) is 41.5 Å². The molecule has 8 heteroatoms. The fourth-order valence-electron chi connectivity index (χ4n) is 2.00. The van der Waals surface area contributed by atoms with E-state index in [4.69, 9.17) is 5.11 Å². The van der Waals surface area contributed by atoms with Crippen LogP contribution in [0.25, 0.3) is 5.69 Å². The molecule has 1 aromatic carbocycles. The van der Waals surface area contributed by atoms with Crippen molar-refractivity contribution in [1.82, 2.24) is 15.0 Å². The van der Waals surface area contributed by atoms with Crippen LogP contribution in [0.3, 0.4) is 0 Å². The third-order valence-corrected chi connectivity index (χ3v) is 3.18. The van der Waals surface area contributed by atoms with Gasteiger partial charge in [0.2, 0.25) is 0 Å². The molecule has 1 heterocycles. The first-order chi connectivity index (χ1) is 9.80. The third kappa shape index (κ3) is 3.21. The number of hydrogen-bond acceptors (Lipinski definition) is 3. The number of carbonyl (C=O) groups is 1. The van der Waals surface area contributed by atoms with E-state index >= 15 is 0 Å². The van der Waals surface area contributed by atoms with Gasteiger partial charge in [-0.25, -0.2) is 0 Å². The quantitative estimate of drug-likeness (QED) is 0.942. The van der Waals surface area contributed by atoms with Gasteiger partial charge in [0.15, 0.2) is 0 Å². The van der Waals surface area contributed by atoms with Gasteiger partial charge in [0.25, 0.3) is 0 Å². The lowest BCUT2D eigenvalue weighted by Crippen LogP contribution is -2.31. The minimum absolute atomic E-state index is 0.0863. The van der Waals surface area contributed by atoms with Crippen LogP contribution in [0.2, 0.25) is 0 Å². The van der Waals surface area contributed by atoms with Crippen molar-refractivity contribution in [3.8, 4) is 5.69 Å². The second-order valence-electron chi connectivity index (χ2n) is 4.56. The predicted molar refractivity (Wildman–Crippen MR) is 67.0 cm³/mol. The molecule has 0 unspecified atom stereocenters. The summed E-state index contributed by atoms with van der Waals surface area (Å²) in [6.45, 7) is 0.863. The molecule has 0 fully saturated rings. The van der Waals surface area contributed by atoms with Crippen LogP contribution in [-0.4, -0.2) is 32.2 Å². The number of aromatic nitrogens is 3. The molecule has 0 aliphatic heterocycles. The molecule has 21 heavy (non-hydrogen) atoms. The highest BCUT2D eigenvalue weighted by molar-refractivity contribution is 5.76. The van der Waals surface area contributed by atoms with Crippen molar-refractivity contribution in [2.45, 2.75) is 19.0 Å². The topological polar surface area (TPSA) is 68.0 Å². The van der Waals surface area contributed by atoms with Gasteiger partial charge >= 0.3 is 12.1 Å². The SMILES string of the molecule is C[C@H]([C@@H](C(=O)O)c1ccc(-n2nccn2)cc1)C(F)(F)F. The second kappa shape index (κ2) is 5.55. The van der Waals surface area contributed by atoms with Crippen LogP contribution in [0.15, 0.2) is 36.7 Å². The molecule has 0 aliphatic carbocycles. The Hall–Kier alpha value is -2.38. The molecule has 0 saturated carbocycles. The molecule has 112 valence electrons. The zero-order valence-corrected chi connectivity index (χ0v) is 10.9. The van der Waals surface area contributed by atoms with Crippen molar-refractivity contribution in [2.24, 2.45) is 5.92 Å². The number of nitrogens with zero attached hydrogens (tertiary/aromatic N) is 3. The smallest absolute Gasteiger partial charge is 0.392 e. The molecule has 2 aromatic rings. The normalized spacial score (nSPS) is 14.7. The summed E-state index contributed by atoms with van der Waals surface area (Å²) >= 11 is 0. The van der Waals surface area contributed by atoms with Crippen LogP contribution in [0.1, 0.15) is 18.4 Å². The minimum Gasteiger partial charge on any atom is -0.481 e. The number of alkyl halides is 3. The van der Waals surface area contributed by atoms with Crippen molar-refractivity contribution < 1.29 is 23.1 Å². The molecule has 2 rings (SSSR count). The fourth-order valence-corrected chi connectivity index (χ4v) is 2.00. The number of benzene rings is 1. The van der Waals surface area contributed by atoms with Crippen LogP contribution in [0, 0.1) is 5.92 Å². The monoisotopic (exact) mass is 299 g/mol. The van der Waals surface area contributed by atoms with Crippen LogP contribution < -0.4 is 0 Å². The van der Waals surface area contributed by atoms with Crippen molar-refractivity contribution in [3.63, 3.8) is 0 Å². The molecular formula is C13H12F3N3O2. The number of rotatable bonds is 4. The van der Waals surface area contributed by atoms with Gasteiger partial charge in [0.05, 0.1) is 29.9 Å². The Balaban J connectivity index is 2.32. The maximum Gasteiger partial charge on any atom is 0.392 e. The number of aliphatic carboxylic acids is 1. The van der Waals surface area contributed by atoms with E-state index < -0.39 is 24.0 Å². The Labute approximate surface area is 118 Å². The number of carboxylic acid groups (broad SMARTS) is 1. The lowest BCUT2D eigenvalue weighted by Gasteiger charge is -2.23. The van der Waals surface area contributed by atoms with Gasteiger partial charge in [-0.05, 0) is 17.7 Å². The third-order valence-electron chi connectivity index (χ3n) is 3.18. The highest BCUT2D eigenvalue weighted by Gasteiger charge is 2.44. The summed E-state index contributed by atoms with van der Waals surface area (Å²) in [6.07, 6.45) is -1.66. The average Bonchev–Trinajstić information content (AvgIpc) is 2.92. The largest absolute Gasteiger partial charge is 0.481 e. The summed E-state index contributed by atoms with van der Waals surface area (Å²) < 4.78 is 38.3. The van der Waals surface area contributed by atoms with Crippen molar-refractivity contribution in [3.05, 3.63) is 42.2 Å². The van der Waals surface area contributed by atoms with Gasteiger partial charge in [-0.15, -0.1) is 0 Å². The molecule has 0 saturated heterocycles. The van der Waals surface area contributed by atoms with E-state index in [9.17, 15) is 18.0 Å². The standard InChI is InChI=1S/C13H12F3N3O2/c1-8(13(14,15)16)11(12(20)21)9-2-4-10(5-3-9)19-17-6-7-18-19/h2-8,11H,1H3,(H,20,21)/t8-,11-/m1/s1. The molecule has 0 radical (unpaired) electrons. The first kappa shape index (κ1) is 15.0. The maximum atomic E-state index is 12.8. The number of carboxylic acids is 1. The highest BCUT2D eigenvalue weighted by atomic mass is 19.4. The zero-order chi connectivity index (χ0) is 15.6. The first-order valence-electron chi connectivity index (χ1n) is 6.07. The molecule has 5 nitrogen and oxygen atoms in total. The summed E-state index contributed by atoms with van der Waals surface area (Å²) in [5.41, 5.74) is 0.621. The van der Waals surface area contributed by atoms with Gasteiger partial charge in [0, 0.05) is 0 Å². The van der Waals surface area contributed by atoms with Gasteiger partial charge in [-0.2, -0.15) is 28.2 Å². The lowest BCUT2D eigenvalue weighted by molar-refractivity contribution is -0.183. The molecule has 0 aliphatic rings. The average molecular weight is 299 g/mol. The number of halogens is 3. The predicted octanol–water partition coefficient (Wildman–Crippen LogP) is 2.63. The summed E-state index contributed by atoms with van der Waals surface area (Å²) in [6, 6.07) is 5.65. The molecule has 1 N–H and O–H groups in total. The molecule has 0 amide bonds. The van der Waals surface area contributed by atoms with Gasteiger partial charge in [-0.3, -0.25) is 4.79 Å². The van der Waals surface area contributed by atoms with E-state index in [1.54, 1.807) is 0 Å². The minimum atomic E-state index is -4.58. The van der Waals surface area contributed by atoms with E-state index in [-0.39, 0.29) is 5.56 Å². The van der Waals surface area contributed by atoms with Crippen LogP contribution in [-0.2, 0) is 4.79 Å². The summed E-state index contributed by atoms with van der Waals surface area (Å²) in [7, 11) is 0. The first-order valence-corrected chi connectivity index (χ1v) is 6.07. The number of hydrogen-bond donors (Lipinski definition) is 1. The van der Waals surface area contributed by atoms with Gasteiger partial charge < -0.3 is 5.11 Å². The lowest BCUT2D eigenvalue weighted by atomic mass is 9.87. The molecule has 1 aromatic heterocycles. The Bertz CT molecular complexity index is 609. The van der Waals surface area contributed by atoms with Gasteiger partial charge in [0.1, 0.15) is 0 Å². The Morgan fingerprint density at radius 1 is 1.19 bits per heavy atom. The Morgan fingerprint density at radius 3 is 2.14 bits per heavy atom. The molecule has 0 spiro atoms. The van der Waals surface area contributed by atoms with Crippen molar-refractivity contribution in [1.29, 1.82) is 0 Å². The maximum absolute atomic E-state index is 12.8. The molecule has 0 bridgehead atoms. The summed E-state index contributed by atoms with van der Waals surface area (Å²) in [4.78, 5) is 12.5. The van der Waals surface area contributed by atoms with E-state index in [0.29, 0.717) is 5.69 Å². The fraction of sp³-hybridized carbons (Fsp3) is 0.308.